The molecule has 2 heterocycles. The fourth-order valence-electron chi connectivity index (χ4n) is 1.81. The van der Waals surface area contributed by atoms with E-state index in [0.717, 1.165) is 22.8 Å². The summed E-state index contributed by atoms with van der Waals surface area (Å²) in [5.41, 5.74) is 2.74. The van der Waals surface area contributed by atoms with Crippen LogP contribution >= 0.6 is 11.3 Å². The largest absolute Gasteiger partial charge is 0.354 e. The van der Waals surface area contributed by atoms with Gasteiger partial charge in [0.25, 0.3) is 5.91 Å². The molecular weight excluding hydrogens is 258 g/mol. The fraction of sp³-hybridized carbons (Fsp3) is 0.429. The highest BCUT2D eigenvalue weighted by Gasteiger charge is 2.13. The summed E-state index contributed by atoms with van der Waals surface area (Å²) in [6.07, 6.45) is 0.905. The third-order valence-corrected chi connectivity index (χ3v) is 4.19. The van der Waals surface area contributed by atoms with Crippen LogP contribution in [0.25, 0.3) is 0 Å². The first kappa shape index (κ1) is 13.8. The summed E-state index contributed by atoms with van der Waals surface area (Å²) in [6, 6.07) is 3.77. The van der Waals surface area contributed by atoms with Crippen LogP contribution in [-0.2, 0) is 6.42 Å². The van der Waals surface area contributed by atoms with Crippen molar-refractivity contribution in [3.8, 4) is 0 Å². The third-order valence-electron chi connectivity index (χ3n) is 3.00. The first-order valence-electron chi connectivity index (χ1n) is 6.48. The number of carbonyl (C=O) groups excluding carboxylic acids is 1. The molecule has 0 aromatic carbocycles. The Morgan fingerprint density at radius 3 is 2.89 bits per heavy atom. The minimum atomic E-state index is -0.0557. The molecule has 2 N–H and O–H groups in total. The zero-order chi connectivity index (χ0) is 13.8. The zero-order valence-electron chi connectivity index (χ0n) is 11.5. The Kier molecular flexibility index (Phi) is 4.37. The quantitative estimate of drug-likeness (QED) is 0.883. The van der Waals surface area contributed by atoms with Crippen LogP contribution in [0.3, 0.4) is 0 Å². The van der Waals surface area contributed by atoms with Crippen LogP contribution < -0.4 is 5.32 Å². The summed E-state index contributed by atoms with van der Waals surface area (Å²) in [6.45, 7) is 6.72. The van der Waals surface area contributed by atoms with E-state index in [-0.39, 0.29) is 11.8 Å². The monoisotopic (exact) mass is 277 g/mol. The van der Waals surface area contributed by atoms with Crippen molar-refractivity contribution in [1.82, 2.24) is 15.3 Å². The molecule has 0 fully saturated rings. The number of nitrogens with zero attached hydrogens (tertiary/aromatic N) is 1. The van der Waals surface area contributed by atoms with Crippen LogP contribution in [0.15, 0.2) is 17.5 Å². The molecule has 5 heteroatoms. The van der Waals surface area contributed by atoms with Gasteiger partial charge in [-0.3, -0.25) is 4.79 Å². The van der Waals surface area contributed by atoms with Crippen molar-refractivity contribution < 1.29 is 4.79 Å². The SMILES string of the molecule is CCc1ccc(C(=O)NC[C@@H](C)c2nc(C)cs2)[nH]1. The lowest BCUT2D eigenvalue weighted by molar-refractivity contribution is 0.0947. The highest BCUT2D eigenvalue weighted by atomic mass is 32.1. The number of hydrogen-bond donors (Lipinski definition) is 2. The molecule has 1 amide bonds. The molecular formula is C14H19N3OS. The van der Waals surface area contributed by atoms with Crippen molar-refractivity contribution in [1.29, 1.82) is 0 Å². The third kappa shape index (κ3) is 3.44. The van der Waals surface area contributed by atoms with Crippen LogP contribution in [0.4, 0.5) is 0 Å². The molecule has 0 unspecified atom stereocenters. The van der Waals surface area contributed by atoms with E-state index in [1.54, 1.807) is 11.3 Å². The minimum Gasteiger partial charge on any atom is -0.354 e. The molecule has 0 aliphatic carbocycles. The van der Waals surface area contributed by atoms with Gasteiger partial charge < -0.3 is 10.3 Å². The van der Waals surface area contributed by atoms with Crippen molar-refractivity contribution in [3.63, 3.8) is 0 Å². The fourth-order valence-corrected chi connectivity index (χ4v) is 2.66. The second-order valence-electron chi connectivity index (χ2n) is 4.69. The van der Waals surface area contributed by atoms with Crippen LogP contribution in [0.5, 0.6) is 0 Å². The first-order valence-corrected chi connectivity index (χ1v) is 7.36. The molecule has 2 rings (SSSR count). The maximum atomic E-state index is 12.0. The standard InChI is InChI=1S/C14H19N3OS/c1-4-11-5-6-12(17-11)13(18)15-7-9(2)14-16-10(3)8-19-14/h5-6,8-9,17H,4,7H2,1-3H3,(H,15,18)/t9-/m1/s1. The van der Waals surface area contributed by atoms with Crippen molar-refractivity contribution in [2.45, 2.75) is 33.1 Å². The normalized spacial score (nSPS) is 12.4. The van der Waals surface area contributed by atoms with Crippen LogP contribution in [0.2, 0.25) is 0 Å². The lowest BCUT2D eigenvalue weighted by Gasteiger charge is -2.09. The number of aromatic nitrogens is 2. The highest BCUT2D eigenvalue weighted by Crippen LogP contribution is 2.18. The Morgan fingerprint density at radius 2 is 2.32 bits per heavy atom. The van der Waals surface area contributed by atoms with Gasteiger partial charge in [-0.05, 0) is 25.5 Å². The second-order valence-corrected chi connectivity index (χ2v) is 5.58. The molecule has 1 atom stereocenters. The summed E-state index contributed by atoms with van der Waals surface area (Å²) >= 11 is 1.64. The van der Waals surface area contributed by atoms with Crippen LogP contribution in [-0.4, -0.2) is 22.4 Å². The summed E-state index contributed by atoms with van der Waals surface area (Å²) in [7, 11) is 0. The van der Waals surface area contributed by atoms with Gasteiger partial charge >= 0.3 is 0 Å². The maximum Gasteiger partial charge on any atom is 0.267 e. The molecule has 0 saturated carbocycles. The van der Waals surface area contributed by atoms with Gasteiger partial charge in [0.2, 0.25) is 0 Å². The average molecular weight is 277 g/mol. The van der Waals surface area contributed by atoms with Crippen molar-refractivity contribution in [3.05, 3.63) is 39.6 Å². The minimum absolute atomic E-state index is 0.0557. The summed E-state index contributed by atoms with van der Waals surface area (Å²) in [5.74, 6) is 0.183. The van der Waals surface area contributed by atoms with Crippen LogP contribution in [0, 0.1) is 6.92 Å². The van der Waals surface area contributed by atoms with E-state index in [4.69, 9.17) is 0 Å². The Morgan fingerprint density at radius 1 is 1.53 bits per heavy atom. The molecule has 0 aliphatic rings. The van der Waals surface area contributed by atoms with Crippen LogP contribution in [0.1, 0.15) is 46.6 Å². The van der Waals surface area contributed by atoms with Gasteiger partial charge in [0.15, 0.2) is 0 Å². The van der Waals surface area contributed by atoms with Gasteiger partial charge in [0.1, 0.15) is 5.69 Å². The Hall–Kier alpha value is -1.62. The van der Waals surface area contributed by atoms with E-state index in [2.05, 4.69) is 29.1 Å². The number of hydrogen-bond acceptors (Lipinski definition) is 3. The Balaban J connectivity index is 1.89. The van der Waals surface area contributed by atoms with Gasteiger partial charge in [-0.25, -0.2) is 4.98 Å². The molecule has 0 saturated heterocycles. The molecule has 0 spiro atoms. The number of aryl methyl sites for hydroxylation is 2. The molecule has 0 radical (unpaired) electrons. The van der Waals surface area contributed by atoms with Gasteiger partial charge in [0.05, 0.1) is 5.01 Å². The summed E-state index contributed by atoms with van der Waals surface area (Å²) in [4.78, 5) is 19.5. The van der Waals surface area contributed by atoms with E-state index in [1.807, 2.05) is 24.4 Å². The number of aromatic amines is 1. The second kappa shape index (κ2) is 6.02. The van der Waals surface area contributed by atoms with E-state index in [9.17, 15) is 4.79 Å². The smallest absolute Gasteiger partial charge is 0.267 e. The zero-order valence-corrected chi connectivity index (χ0v) is 12.3. The van der Waals surface area contributed by atoms with Crippen molar-refractivity contribution in [2.75, 3.05) is 6.54 Å². The topological polar surface area (TPSA) is 57.8 Å². The Labute approximate surface area is 117 Å². The summed E-state index contributed by atoms with van der Waals surface area (Å²) in [5, 5.41) is 6.04. The lowest BCUT2D eigenvalue weighted by Crippen LogP contribution is -2.27. The van der Waals surface area contributed by atoms with Gasteiger partial charge in [-0.15, -0.1) is 11.3 Å². The lowest BCUT2D eigenvalue weighted by atomic mass is 10.2. The molecule has 2 aromatic rings. The number of thiazole rings is 1. The number of amides is 1. The van der Waals surface area contributed by atoms with Crippen molar-refractivity contribution in [2.24, 2.45) is 0 Å². The van der Waals surface area contributed by atoms with E-state index in [0.29, 0.717) is 12.2 Å². The molecule has 19 heavy (non-hydrogen) atoms. The van der Waals surface area contributed by atoms with Crippen molar-refractivity contribution >= 4 is 17.2 Å². The van der Waals surface area contributed by atoms with Gasteiger partial charge in [-0.2, -0.15) is 0 Å². The molecule has 2 aromatic heterocycles. The van der Waals surface area contributed by atoms with E-state index < -0.39 is 0 Å². The van der Waals surface area contributed by atoms with E-state index in [1.165, 1.54) is 0 Å². The number of nitrogens with one attached hydrogen (secondary N) is 2. The number of H-pyrrole nitrogens is 1. The first-order chi connectivity index (χ1) is 9.10. The highest BCUT2D eigenvalue weighted by molar-refractivity contribution is 7.09. The molecule has 0 bridgehead atoms. The van der Waals surface area contributed by atoms with Gasteiger partial charge in [-0.1, -0.05) is 13.8 Å². The number of rotatable bonds is 5. The van der Waals surface area contributed by atoms with Gasteiger partial charge in [0, 0.05) is 29.2 Å². The number of carbonyl (C=O) groups is 1. The predicted octanol–water partition coefficient (Wildman–Crippen LogP) is 2.88. The average Bonchev–Trinajstić information content (AvgIpc) is 3.04. The van der Waals surface area contributed by atoms with E-state index >= 15 is 0 Å². The maximum absolute atomic E-state index is 12.0. The molecule has 0 aliphatic heterocycles. The Bertz CT molecular complexity index is 559. The molecule has 102 valence electrons. The predicted molar refractivity (Wildman–Crippen MR) is 77.8 cm³/mol. The molecule has 4 nitrogen and oxygen atoms in total. The summed E-state index contributed by atoms with van der Waals surface area (Å²) < 4.78 is 0.